The fourth-order valence-electron chi connectivity index (χ4n) is 4.13. The van der Waals surface area contributed by atoms with Crippen LogP contribution in [0.25, 0.3) is 0 Å². The second-order valence-electron chi connectivity index (χ2n) is 6.86. The molecule has 0 bridgehead atoms. The van der Waals surface area contributed by atoms with Gasteiger partial charge in [0.1, 0.15) is 18.4 Å². The summed E-state index contributed by atoms with van der Waals surface area (Å²) in [5, 5.41) is 8.07. The number of hydrogen-bond donors (Lipinski definition) is 0. The van der Waals surface area contributed by atoms with Gasteiger partial charge in [-0.15, -0.1) is 0 Å². The summed E-state index contributed by atoms with van der Waals surface area (Å²) in [6.45, 7) is 4.20. The maximum Gasteiger partial charge on any atom is 0.276 e. The molecule has 0 unspecified atom stereocenters. The highest BCUT2D eigenvalue weighted by atomic mass is 16.5. The molecule has 4 heterocycles. The van der Waals surface area contributed by atoms with E-state index in [2.05, 4.69) is 27.2 Å². The lowest BCUT2D eigenvalue weighted by Crippen LogP contribution is -2.47. The minimum Gasteiger partial charge on any atom is -0.361 e. The van der Waals surface area contributed by atoms with E-state index in [9.17, 15) is 4.79 Å². The predicted molar refractivity (Wildman–Crippen MR) is 85.2 cm³/mol. The summed E-state index contributed by atoms with van der Waals surface area (Å²) >= 11 is 0. The van der Waals surface area contributed by atoms with Crippen LogP contribution in [0.15, 0.2) is 23.2 Å². The molecule has 2 aliphatic heterocycles. The first kappa shape index (κ1) is 15.3. The minimum atomic E-state index is -0.0207. The first-order valence-corrected chi connectivity index (χ1v) is 8.39. The van der Waals surface area contributed by atoms with Gasteiger partial charge in [0.2, 0.25) is 0 Å². The van der Waals surface area contributed by atoms with E-state index < -0.39 is 0 Å². The molecule has 2 aromatic heterocycles. The quantitative estimate of drug-likeness (QED) is 0.828. The van der Waals surface area contributed by atoms with E-state index in [-0.39, 0.29) is 5.91 Å². The van der Waals surface area contributed by atoms with E-state index in [1.165, 1.54) is 0 Å². The molecule has 2 aromatic rings. The average molecular weight is 330 g/mol. The summed E-state index contributed by atoms with van der Waals surface area (Å²) in [7, 11) is 2.19. The highest BCUT2D eigenvalue weighted by molar-refractivity contribution is 5.92. The third kappa shape index (κ3) is 2.71. The molecule has 0 saturated carbocycles. The summed E-state index contributed by atoms with van der Waals surface area (Å²) in [4.78, 5) is 21.0. The zero-order valence-corrected chi connectivity index (χ0v) is 14.0. The molecule has 1 amide bonds. The van der Waals surface area contributed by atoms with Crippen molar-refractivity contribution in [2.75, 3.05) is 20.1 Å². The Morgan fingerprint density at radius 3 is 3.04 bits per heavy atom. The van der Waals surface area contributed by atoms with Gasteiger partial charge in [-0.25, -0.2) is 4.98 Å². The molecule has 0 aliphatic carbocycles. The van der Waals surface area contributed by atoms with Crippen LogP contribution in [0.4, 0.5) is 0 Å². The molecule has 128 valence electrons. The molecule has 0 radical (unpaired) electrons. The SMILES string of the molecule is Cc1cc(C(=O)N2CC[C@H]3[C@H](C[C@@H](Cn4cncn4)N3C)C2)no1. The largest absolute Gasteiger partial charge is 0.361 e. The van der Waals surface area contributed by atoms with Gasteiger partial charge in [0.15, 0.2) is 5.69 Å². The van der Waals surface area contributed by atoms with Gasteiger partial charge in [-0.05, 0) is 32.7 Å². The van der Waals surface area contributed by atoms with Crippen molar-refractivity contribution in [3.8, 4) is 0 Å². The van der Waals surface area contributed by atoms with E-state index in [0.717, 1.165) is 32.5 Å². The fourth-order valence-corrected chi connectivity index (χ4v) is 4.13. The Morgan fingerprint density at radius 1 is 1.46 bits per heavy atom. The molecule has 3 atom stereocenters. The molecule has 4 rings (SSSR count). The van der Waals surface area contributed by atoms with Crippen molar-refractivity contribution in [1.82, 2.24) is 29.7 Å². The van der Waals surface area contributed by atoms with E-state index in [4.69, 9.17) is 4.52 Å². The smallest absolute Gasteiger partial charge is 0.276 e. The van der Waals surface area contributed by atoms with Crippen molar-refractivity contribution in [3.05, 3.63) is 30.2 Å². The third-order valence-electron chi connectivity index (χ3n) is 5.37. The number of likely N-dealkylation sites (tertiary alicyclic amines) is 2. The zero-order valence-electron chi connectivity index (χ0n) is 14.0. The van der Waals surface area contributed by atoms with Crippen LogP contribution in [0.1, 0.15) is 29.1 Å². The Labute approximate surface area is 140 Å². The van der Waals surface area contributed by atoms with Gasteiger partial charge >= 0.3 is 0 Å². The first-order chi connectivity index (χ1) is 11.6. The maximum absolute atomic E-state index is 12.6. The molecule has 2 saturated heterocycles. The van der Waals surface area contributed by atoms with Crippen LogP contribution in [0.5, 0.6) is 0 Å². The van der Waals surface area contributed by atoms with Crippen LogP contribution >= 0.6 is 0 Å². The highest BCUT2D eigenvalue weighted by Crippen LogP contribution is 2.35. The minimum absolute atomic E-state index is 0.0207. The number of carbonyl (C=O) groups excluding carboxylic acids is 1. The van der Waals surface area contributed by atoms with Gasteiger partial charge in [0.25, 0.3) is 5.91 Å². The van der Waals surface area contributed by atoms with Gasteiger partial charge < -0.3 is 9.42 Å². The Bertz CT molecular complexity index is 712. The first-order valence-electron chi connectivity index (χ1n) is 8.39. The molecule has 8 nitrogen and oxygen atoms in total. The summed E-state index contributed by atoms with van der Waals surface area (Å²) in [5.41, 5.74) is 0.413. The maximum atomic E-state index is 12.6. The third-order valence-corrected chi connectivity index (χ3v) is 5.37. The Morgan fingerprint density at radius 2 is 2.33 bits per heavy atom. The fraction of sp³-hybridized carbons (Fsp3) is 0.625. The van der Waals surface area contributed by atoms with Crippen molar-refractivity contribution in [3.63, 3.8) is 0 Å². The molecule has 8 heteroatoms. The second-order valence-corrected chi connectivity index (χ2v) is 6.86. The lowest BCUT2D eigenvalue weighted by Gasteiger charge is -2.37. The standard InChI is InChI=1S/C16H22N6O2/c1-11-5-14(19-24-11)16(23)21-4-3-15-12(7-21)6-13(20(15)2)8-22-10-17-9-18-22/h5,9-10,12-13,15H,3-4,6-8H2,1-2H3/t12-,13+,15+/m1/s1. The molecule has 0 spiro atoms. The van der Waals surface area contributed by atoms with Crippen molar-refractivity contribution in [2.45, 2.75) is 38.4 Å². The number of aryl methyl sites for hydroxylation is 1. The predicted octanol–water partition coefficient (Wildman–Crippen LogP) is 0.810. The number of hydrogen-bond acceptors (Lipinski definition) is 6. The number of rotatable bonds is 3. The van der Waals surface area contributed by atoms with Crippen LogP contribution < -0.4 is 0 Å². The van der Waals surface area contributed by atoms with Gasteiger partial charge in [-0.1, -0.05) is 5.16 Å². The Hall–Kier alpha value is -2.22. The molecule has 2 aliphatic rings. The van der Waals surface area contributed by atoms with Crippen molar-refractivity contribution >= 4 is 5.91 Å². The molecule has 24 heavy (non-hydrogen) atoms. The topological polar surface area (TPSA) is 80.3 Å². The Kier molecular flexibility index (Phi) is 3.84. The van der Waals surface area contributed by atoms with Crippen LogP contribution in [0.2, 0.25) is 0 Å². The number of amides is 1. The second kappa shape index (κ2) is 6.01. The van der Waals surface area contributed by atoms with Gasteiger partial charge in [0.05, 0.1) is 6.54 Å². The van der Waals surface area contributed by atoms with E-state index >= 15 is 0 Å². The van der Waals surface area contributed by atoms with Crippen LogP contribution in [0, 0.1) is 12.8 Å². The molecule has 0 aromatic carbocycles. The van der Waals surface area contributed by atoms with E-state index in [1.54, 1.807) is 25.6 Å². The van der Waals surface area contributed by atoms with Crippen molar-refractivity contribution < 1.29 is 9.32 Å². The normalized spacial score (nSPS) is 27.4. The zero-order chi connectivity index (χ0) is 16.7. The number of carbonyl (C=O) groups is 1. The Balaban J connectivity index is 1.42. The summed E-state index contributed by atoms with van der Waals surface area (Å²) in [5.74, 6) is 1.14. The number of nitrogens with zero attached hydrogens (tertiary/aromatic N) is 6. The number of likely N-dealkylation sites (N-methyl/N-ethyl adjacent to an activating group) is 1. The lowest BCUT2D eigenvalue weighted by atomic mass is 9.92. The summed E-state index contributed by atoms with van der Waals surface area (Å²) in [6, 6.07) is 2.68. The van der Waals surface area contributed by atoms with Crippen molar-refractivity contribution in [1.29, 1.82) is 0 Å². The number of piperidine rings is 1. The van der Waals surface area contributed by atoms with Gasteiger partial charge in [0, 0.05) is 31.2 Å². The number of aromatic nitrogens is 4. The summed E-state index contributed by atoms with van der Waals surface area (Å²) in [6.07, 6.45) is 5.40. The van der Waals surface area contributed by atoms with Gasteiger partial charge in [-0.3, -0.25) is 14.4 Å². The van der Waals surface area contributed by atoms with Crippen LogP contribution in [-0.2, 0) is 6.54 Å². The van der Waals surface area contributed by atoms with Gasteiger partial charge in [-0.2, -0.15) is 5.10 Å². The highest BCUT2D eigenvalue weighted by Gasteiger charge is 2.43. The van der Waals surface area contributed by atoms with Crippen molar-refractivity contribution in [2.24, 2.45) is 5.92 Å². The van der Waals surface area contributed by atoms with E-state index in [0.29, 0.717) is 29.5 Å². The van der Waals surface area contributed by atoms with Crippen LogP contribution in [0.3, 0.4) is 0 Å². The molecular weight excluding hydrogens is 308 g/mol. The monoisotopic (exact) mass is 330 g/mol. The number of fused-ring (bicyclic) bond motifs is 1. The molecule has 2 fully saturated rings. The molecule has 0 N–H and O–H groups in total. The lowest BCUT2D eigenvalue weighted by molar-refractivity contribution is 0.0597. The average Bonchev–Trinajstić information content (AvgIpc) is 3.29. The van der Waals surface area contributed by atoms with Crippen LogP contribution in [-0.4, -0.2) is 67.8 Å². The molecular formula is C16H22N6O2. The summed E-state index contributed by atoms with van der Waals surface area (Å²) < 4.78 is 6.92. The van der Waals surface area contributed by atoms with E-state index in [1.807, 2.05) is 9.58 Å².